The molecule has 1 aromatic carbocycles. The molecule has 0 radical (unpaired) electrons. The number of carbonyl (C=O) groups excluding carboxylic acids is 1. The fourth-order valence-electron chi connectivity index (χ4n) is 3.54. The number of aromatic nitrogens is 3. The minimum atomic E-state index is 0.0787. The van der Waals surface area contributed by atoms with E-state index in [4.69, 9.17) is 0 Å². The molecular weight excluding hydrogens is 312 g/mol. The molecule has 0 unspecified atom stereocenters. The molecule has 25 heavy (non-hydrogen) atoms. The van der Waals surface area contributed by atoms with E-state index in [0.29, 0.717) is 19.0 Å². The van der Waals surface area contributed by atoms with Crippen LogP contribution < -0.4 is 0 Å². The maximum atomic E-state index is 13.2. The van der Waals surface area contributed by atoms with Crippen molar-refractivity contribution in [1.29, 1.82) is 0 Å². The SMILES string of the molecule is CC(C)Cn1cc(C(=O)N2CCc3nccnc3C2)c2ccccc21. The summed E-state index contributed by atoms with van der Waals surface area (Å²) in [5.74, 6) is 0.603. The van der Waals surface area contributed by atoms with Crippen molar-refractivity contribution >= 4 is 16.8 Å². The molecular formula is C20H22N4O. The van der Waals surface area contributed by atoms with Gasteiger partial charge in [0.2, 0.25) is 0 Å². The molecule has 0 atom stereocenters. The number of nitrogens with zero attached hydrogens (tertiary/aromatic N) is 4. The lowest BCUT2D eigenvalue weighted by molar-refractivity contribution is 0.0732. The second-order valence-corrected chi connectivity index (χ2v) is 7.03. The minimum absolute atomic E-state index is 0.0787. The summed E-state index contributed by atoms with van der Waals surface area (Å²) in [6.45, 7) is 6.51. The molecule has 4 rings (SSSR count). The Morgan fingerprint density at radius 1 is 1.16 bits per heavy atom. The second-order valence-electron chi connectivity index (χ2n) is 7.03. The summed E-state index contributed by atoms with van der Waals surface area (Å²) in [5, 5.41) is 1.03. The van der Waals surface area contributed by atoms with Gasteiger partial charge in [-0.15, -0.1) is 0 Å². The van der Waals surface area contributed by atoms with Crippen LogP contribution in [0.3, 0.4) is 0 Å². The highest BCUT2D eigenvalue weighted by atomic mass is 16.2. The van der Waals surface area contributed by atoms with Gasteiger partial charge in [0.15, 0.2) is 0 Å². The van der Waals surface area contributed by atoms with Gasteiger partial charge < -0.3 is 9.47 Å². The lowest BCUT2D eigenvalue weighted by atomic mass is 10.1. The average Bonchev–Trinajstić information content (AvgIpc) is 2.99. The molecule has 5 nitrogen and oxygen atoms in total. The van der Waals surface area contributed by atoms with Crippen molar-refractivity contribution in [2.24, 2.45) is 5.92 Å². The Morgan fingerprint density at radius 3 is 2.72 bits per heavy atom. The van der Waals surface area contributed by atoms with E-state index in [2.05, 4.69) is 34.4 Å². The van der Waals surface area contributed by atoms with Crippen molar-refractivity contribution in [2.45, 2.75) is 33.4 Å². The lowest BCUT2D eigenvalue weighted by Crippen LogP contribution is -2.36. The maximum absolute atomic E-state index is 13.2. The van der Waals surface area contributed by atoms with Crippen molar-refractivity contribution in [2.75, 3.05) is 6.54 Å². The van der Waals surface area contributed by atoms with Crippen LogP contribution in [0.25, 0.3) is 10.9 Å². The van der Waals surface area contributed by atoms with Crippen LogP contribution >= 0.6 is 0 Å². The largest absolute Gasteiger partial charge is 0.346 e. The van der Waals surface area contributed by atoms with Gasteiger partial charge in [0.05, 0.1) is 23.5 Å². The van der Waals surface area contributed by atoms with Crippen LogP contribution in [0.15, 0.2) is 42.9 Å². The zero-order chi connectivity index (χ0) is 17.4. The Morgan fingerprint density at radius 2 is 1.92 bits per heavy atom. The number of hydrogen-bond acceptors (Lipinski definition) is 3. The van der Waals surface area contributed by atoms with Crippen molar-refractivity contribution in [3.8, 4) is 0 Å². The number of fused-ring (bicyclic) bond motifs is 2. The monoisotopic (exact) mass is 334 g/mol. The Bertz CT molecular complexity index is 928. The van der Waals surface area contributed by atoms with Crippen molar-refractivity contribution in [3.63, 3.8) is 0 Å². The first kappa shape index (κ1) is 15.8. The molecule has 0 saturated heterocycles. The van der Waals surface area contributed by atoms with E-state index in [1.54, 1.807) is 12.4 Å². The predicted octanol–water partition coefficient (Wildman–Crippen LogP) is 3.29. The van der Waals surface area contributed by atoms with Crippen molar-refractivity contribution < 1.29 is 4.79 Å². The molecule has 0 bridgehead atoms. The molecule has 0 aliphatic carbocycles. The van der Waals surface area contributed by atoms with Gasteiger partial charge in [0.1, 0.15) is 0 Å². The predicted molar refractivity (Wildman–Crippen MR) is 97.3 cm³/mol. The molecule has 1 amide bonds. The van der Waals surface area contributed by atoms with Crippen LogP contribution in [0.1, 0.15) is 35.6 Å². The van der Waals surface area contributed by atoms with Crippen molar-refractivity contribution in [3.05, 3.63) is 59.8 Å². The van der Waals surface area contributed by atoms with Crippen molar-refractivity contribution in [1.82, 2.24) is 19.4 Å². The summed E-state index contributed by atoms with van der Waals surface area (Å²) in [6.07, 6.45) is 6.19. The molecule has 2 aromatic heterocycles. The molecule has 1 aliphatic rings. The first-order valence-electron chi connectivity index (χ1n) is 8.79. The Kier molecular flexibility index (Phi) is 3.99. The van der Waals surface area contributed by atoms with Gasteiger partial charge >= 0.3 is 0 Å². The Labute approximate surface area is 147 Å². The third kappa shape index (κ3) is 2.90. The third-order valence-electron chi connectivity index (χ3n) is 4.69. The quantitative estimate of drug-likeness (QED) is 0.738. The standard InChI is InChI=1S/C20H22N4O/c1-14(2)11-24-12-16(15-5-3-4-6-19(15)24)20(25)23-10-7-17-18(13-23)22-9-8-21-17/h3-6,8-9,12,14H,7,10-11,13H2,1-2H3. The average molecular weight is 334 g/mol. The normalized spacial score (nSPS) is 14.1. The van der Waals surface area contributed by atoms with E-state index < -0.39 is 0 Å². The van der Waals surface area contributed by atoms with Gasteiger partial charge in [-0.3, -0.25) is 14.8 Å². The topological polar surface area (TPSA) is 51.0 Å². The number of rotatable bonds is 3. The van der Waals surface area contributed by atoms with E-state index in [1.165, 1.54) is 0 Å². The van der Waals surface area contributed by atoms with Gasteiger partial charge in [0.25, 0.3) is 5.91 Å². The molecule has 0 spiro atoms. The van der Waals surface area contributed by atoms with Crippen LogP contribution in [0.2, 0.25) is 0 Å². The van der Waals surface area contributed by atoms with E-state index in [9.17, 15) is 4.79 Å². The Hall–Kier alpha value is -2.69. The molecule has 128 valence electrons. The molecule has 3 heterocycles. The smallest absolute Gasteiger partial charge is 0.256 e. The number of carbonyl (C=O) groups is 1. The zero-order valence-corrected chi connectivity index (χ0v) is 14.6. The summed E-state index contributed by atoms with van der Waals surface area (Å²) < 4.78 is 2.20. The molecule has 5 heteroatoms. The van der Waals surface area contributed by atoms with E-state index in [-0.39, 0.29) is 5.91 Å². The van der Waals surface area contributed by atoms with Crippen LogP contribution in [0.5, 0.6) is 0 Å². The summed E-state index contributed by atoms with van der Waals surface area (Å²) in [5.41, 5.74) is 3.82. The molecule has 0 saturated carbocycles. The van der Waals surface area contributed by atoms with E-state index >= 15 is 0 Å². The maximum Gasteiger partial charge on any atom is 0.256 e. The molecule has 1 aliphatic heterocycles. The highest BCUT2D eigenvalue weighted by molar-refractivity contribution is 6.07. The highest BCUT2D eigenvalue weighted by Gasteiger charge is 2.25. The first-order chi connectivity index (χ1) is 12.1. The minimum Gasteiger partial charge on any atom is -0.346 e. The van der Waals surface area contributed by atoms with Crippen LogP contribution in [0.4, 0.5) is 0 Å². The Balaban J connectivity index is 1.69. The van der Waals surface area contributed by atoms with Gasteiger partial charge in [-0.25, -0.2) is 0 Å². The number of para-hydroxylation sites is 1. The van der Waals surface area contributed by atoms with Gasteiger partial charge in [-0.2, -0.15) is 0 Å². The molecule has 3 aromatic rings. The van der Waals surface area contributed by atoms with E-state index in [0.717, 1.165) is 40.8 Å². The van der Waals surface area contributed by atoms with E-state index in [1.807, 2.05) is 29.3 Å². The van der Waals surface area contributed by atoms with Gasteiger partial charge in [-0.1, -0.05) is 32.0 Å². The highest BCUT2D eigenvalue weighted by Crippen LogP contribution is 2.25. The summed E-state index contributed by atoms with van der Waals surface area (Å²) in [4.78, 5) is 23.8. The molecule has 0 fully saturated rings. The fourth-order valence-corrected chi connectivity index (χ4v) is 3.54. The van der Waals surface area contributed by atoms with Gasteiger partial charge in [0, 0.05) is 49.0 Å². The lowest BCUT2D eigenvalue weighted by Gasteiger charge is -2.27. The number of hydrogen-bond donors (Lipinski definition) is 0. The van der Waals surface area contributed by atoms with Gasteiger partial charge in [-0.05, 0) is 12.0 Å². The number of benzene rings is 1. The first-order valence-corrected chi connectivity index (χ1v) is 8.79. The fraction of sp³-hybridized carbons (Fsp3) is 0.350. The van der Waals surface area contributed by atoms with Crippen LogP contribution in [-0.4, -0.2) is 31.9 Å². The van der Waals surface area contributed by atoms with Crippen LogP contribution in [-0.2, 0) is 19.5 Å². The van der Waals surface area contributed by atoms with Crippen LogP contribution in [0, 0.1) is 5.92 Å². The number of amides is 1. The molecule has 0 N–H and O–H groups in total. The summed E-state index contributed by atoms with van der Waals surface area (Å²) in [6, 6.07) is 8.15. The zero-order valence-electron chi connectivity index (χ0n) is 14.6. The summed E-state index contributed by atoms with van der Waals surface area (Å²) in [7, 11) is 0. The second kappa shape index (κ2) is 6.31. The third-order valence-corrected chi connectivity index (χ3v) is 4.69. The summed E-state index contributed by atoms with van der Waals surface area (Å²) >= 11 is 0.